The first-order valence-corrected chi connectivity index (χ1v) is 8.55. The van der Waals surface area contributed by atoms with Crippen LogP contribution in [0.25, 0.3) is 0 Å². The minimum atomic E-state index is -0.0649. The van der Waals surface area contributed by atoms with Gasteiger partial charge in [0.1, 0.15) is 0 Å². The number of halogens is 1. The van der Waals surface area contributed by atoms with Crippen LogP contribution >= 0.6 is 12.4 Å². The maximum atomic E-state index is 12.8. The van der Waals surface area contributed by atoms with Gasteiger partial charge in [-0.2, -0.15) is 0 Å². The Bertz CT molecular complexity index is 393. The van der Waals surface area contributed by atoms with E-state index in [9.17, 15) is 9.59 Å². The molecule has 6 heteroatoms. The SMILES string of the molecule is Cl.O=C(C1CCCCC1C(=O)N1CCNCC1)N1CCCC1. The summed E-state index contributed by atoms with van der Waals surface area (Å²) in [6.45, 7) is 5.13. The molecule has 1 N–H and O–H groups in total. The van der Waals surface area contributed by atoms with Gasteiger partial charge in [-0.1, -0.05) is 12.8 Å². The zero-order valence-electron chi connectivity index (χ0n) is 13.3. The second-order valence-electron chi connectivity index (χ2n) is 6.61. The number of carbonyl (C=O) groups is 2. The Labute approximate surface area is 139 Å². The number of amides is 2. The molecule has 126 valence electrons. The number of piperazine rings is 1. The van der Waals surface area contributed by atoms with Crippen LogP contribution in [0, 0.1) is 11.8 Å². The van der Waals surface area contributed by atoms with Crippen LogP contribution in [0.2, 0.25) is 0 Å². The van der Waals surface area contributed by atoms with E-state index in [0.29, 0.717) is 0 Å². The van der Waals surface area contributed by atoms with Gasteiger partial charge >= 0.3 is 0 Å². The van der Waals surface area contributed by atoms with Crippen molar-refractivity contribution in [2.45, 2.75) is 38.5 Å². The van der Waals surface area contributed by atoms with E-state index in [1.54, 1.807) is 0 Å². The number of likely N-dealkylation sites (tertiary alicyclic amines) is 1. The van der Waals surface area contributed by atoms with Crippen molar-refractivity contribution in [2.24, 2.45) is 11.8 Å². The molecule has 2 amide bonds. The van der Waals surface area contributed by atoms with Crippen molar-refractivity contribution < 1.29 is 9.59 Å². The highest BCUT2D eigenvalue weighted by molar-refractivity contribution is 5.88. The minimum Gasteiger partial charge on any atom is -0.342 e. The van der Waals surface area contributed by atoms with Gasteiger partial charge in [-0.05, 0) is 25.7 Å². The van der Waals surface area contributed by atoms with Gasteiger partial charge in [0.2, 0.25) is 11.8 Å². The molecule has 2 atom stereocenters. The monoisotopic (exact) mass is 329 g/mol. The number of hydrogen-bond acceptors (Lipinski definition) is 3. The Morgan fingerprint density at radius 3 is 1.68 bits per heavy atom. The van der Waals surface area contributed by atoms with Gasteiger partial charge in [0.25, 0.3) is 0 Å². The van der Waals surface area contributed by atoms with E-state index in [-0.39, 0.29) is 36.1 Å². The van der Waals surface area contributed by atoms with Crippen molar-refractivity contribution in [3.8, 4) is 0 Å². The molecule has 5 nitrogen and oxygen atoms in total. The van der Waals surface area contributed by atoms with Gasteiger partial charge in [-0.3, -0.25) is 9.59 Å². The van der Waals surface area contributed by atoms with Gasteiger partial charge in [-0.25, -0.2) is 0 Å². The number of hydrogen-bond donors (Lipinski definition) is 1. The lowest BCUT2D eigenvalue weighted by atomic mass is 9.77. The van der Waals surface area contributed by atoms with E-state index in [1.165, 1.54) is 0 Å². The summed E-state index contributed by atoms with van der Waals surface area (Å²) in [5, 5.41) is 3.28. The Kier molecular flexibility index (Phi) is 6.50. The molecule has 22 heavy (non-hydrogen) atoms. The number of nitrogens with zero attached hydrogens (tertiary/aromatic N) is 2. The molecule has 0 aromatic rings. The van der Waals surface area contributed by atoms with Crippen molar-refractivity contribution in [1.29, 1.82) is 0 Å². The van der Waals surface area contributed by atoms with Crippen molar-refractivity contribution >= 4 is 24.2 Å². The van der Waals surface area contributed by atoms with Crippen LogP contribution in [0.3, 0.4) is 0 Å². The molecule has 0 bridgehead atoms. The zero-order valence-corrected chi connectivity index (χ0v) is 14.1. The lowest BCUT2D eigenvalue weighted by Gasteiger charge is -2.37. The maximum absolute atomic E-state index is 12.8. The molecule has 0 spiro atoms. The minimum absolute atomic E-state index is 0. The average Bonchev–Trinajstić information content (AvgIpc) is 3.09. The lowest BCUT2D eigenvalue weighted by molar-refractivity contribution is -0.148. The standard InChI is InChI=1S/C16H27N3O2.ClH/c20-15(18-9-3-4-10-18)13-5-1-2-6-14(13)16(21)19-11-7-17-8-12-19;/h13-14,17H,1-12H2;1H. The number of nitrogens with one attached hydrogen (secondary N) is 1. The van der Waals surface area contributed by atoms with Crippen LogP contribution in [-0.2, 0) is 9.59 Å². The van der Waals surface area contributed by atoms with E-state index in [2.05, 4.69) is 5.32 Å². The molecule has 3 fully saturated rings. The Morgan fingerprint density at radius 2 is 1.18 bits per heavy atom. The Hall–Kier alpha value is -0.810. The zero-order chi connectivity index (χ0) is 14.7. The van der Waals surface area contributed by atoms with E-state index >= 15 is 0 Å². The normalized spacial score (nSPS) is 29.1. The van der Waals surface area contributed by atoms with Crippen LogP contribution < -0.4 is 5.32 Å². The van der Waals surface area contributed by atoms with Crippen molar-refractivity contribution in [3.05, 3.63) is 0 Å². The lowest BCUT2D eigenvalue weighted by Crippen LogP contribution is -2.51. The predicted octanol–water partition coefficient (Wildman–Crippen LogP) is 1.27. The summed E-state index contributed by atoms with van der Waals surface area (Å²) in [5.41, 5.74) is 0. The summed E-state index contributed by atoms with van der Waals surface area (Å²) in [6, 6.07) is 0. The molecule has 2 aliphatic heterocycles. The fourth-order valence-electron chi connectivity index (χ4n) is 4.01. The fraction of sp³-hybridized carbons (Fsp3) is 0.875. The average molecular weight is 330 g/mol. The van der Waals surface area contributed by atoms with E-state index < -0.39 is 0 Å². The number of rotatable bonds is 2. The number of carbonyl (C=O) groups excluding carboxylic acids is 2. The van der Waals surface area contributed by atoms with E-state index in [1.807, 2.05) is 9.80 Å². The summed E-state index contributed by atoms with van der Waals surface area (Å²) in [4.78, 5) is 29.5. The van der Waals surface area contributed by atoms with Crippen LogP contribution in [0.15, 0.2) is 0 Å². The fourth-order valence-corrected chi connectivity index (χ4v) is 4.01. The third kappa shape index (κ3) is 3.74. The smallest absolute Gasteiger partial charge is 0.226 e. The molecule has 1 aliphatic carbocycles. The Morgan fingerprint density at radius 1 is 0.727 bits per heavy atom. The van der Waals surface area contributed by atoms with Crippen LogP contribution in [0.4, 0.5) is 0 Å². The first-order chi connectivity index (χ1) is 10.3. The van der Waals surface area contributed by atoms with Crippen LogP contribution in [-0.4, -0.2) is 60.9 Å². The summed E-state index contributed by atoms with van der Waals surface area (Å²) >= 11 is 0. The van der Waals surface area contributed by atoms with Gasteiger partial charge in [0.15, 0.2) is 0 Å². The molecule has 0 aromatic carbocycles. The molecule has 3 rings (SSSR count). The van der Waals surface area contributed by atoms with Gasteiger partial charge in [0, 0.05) is 51.1 Å². The quantitative estimate of drug-likeness (QED) is 0.830. The van der Waals surface area contributed by atoms with E-state index in [4.69, 9.17) is 0 Å². The first-order valence-electron chi connectivity index (χ1n) is 8.55. The summed E-state index contributed by atoms with van der Waals surface area (Å²) < 4.78 is 0. The summed E-state index contributed by atoms with van der Waals surface area (Å²) in [7, 11) is 0. The van der Waals surface area contributed by atoms with Crippen molar-refractivity contribution in [2.75, 3.05) is 39.3 Å². The Balaban J connectivity index is 0.00000176. The molecule has 2 unspecified atom stereocenters. The highest BCUT2D eigenvalue weighted by atomic mass is 35.5. The topological polar surface area (TPSA) is 52.7 Å². The second kappa shape index (κ2) is 8.16. The molecular formula is C16H28ClN3O2. The maximum Gasteiger partial charge on any atom is 0.226 e. The van der Waals surface area contributed by atoms with E-state index in [0.717, 1.165) is 77.8 Å². The van der Waals surface area contributed by atoms with Crippen molar-refractivity contribution in [1.82, 2.24) is 15.1 Å². The second-order valence-corrected chi connectivity index (χ2v) is 6.61. The molecule has 3 aliphatic rings. The third-order valence-corrected chi connectivity index (χ3v) is 5.25. The largest absolute Gasteiger partial charge is 0.342 e. The highest BCUT2D eigenvalue weighted by Crippen LogP contribution is 2.33. The van der Waals surface area contributed by atoms with Gasteiger partial charge in [0.05, 0.1) is 0 Å². The molecule has 1 saturated carbocycles. The molecular weight excluding hydrogens is 302 g/mol. The third-order valence-electron chi connectivity index (χ3n) is 5.25. The highest BCUT2D eigenvalue weighted by Gasteiger charge is 2.40. The first kappa shape index (κ1) is 17.5. The summed E-state index contributed by atoms with van der Waals surface area (Å²) in [5.74, 6) is 0.360. The van der Waals surface area contributed by atoms with Crippen LogP contribution in [0.5, 0.6) is 0 Å². The predicted molar refractivity (Wildman–Crippen MR) is 88.0 cm³/mol. The van der Waals surface area contributed by atoms with Crippen LogP contribution in [0.1, 0.15) is 38.5 Å². The molecule has 0 aromatic heterocycles. The molecule has 2 heterocycles. The summed E-state index contributed by atoms with van der Waals surface area (Å²) in [6.07, 6.45) is 6.22. The molecule has 0 radical (unpaired) electrons. The van der Waals surface area contributed by atoms with Gasteiger partial charge < -0.3 is 15.1 Å². The van der Waals surface area contributed by atoms with Crippen molar-refractivity contribution in [3.63, 3.8) is 0 Å². The van der Waals surface area contributed by atoms with Gasteiger partial charge in [-0.15, -0.1) is 12.4 Å². The molecule has 2 saturated heterocycles.